The Hall–Kier alpha value is -2.42. The van der Waals surface area contributed by atoms with E-state index in [0.717, 1.165) is 29.6 Å². The van der Waals surface area contributed by atoms with Gasteiger partial charge in [0.2, 0.25) is 0 Å². The molecule has 8 heterocycles. The summed E-state index contributed by atoms with van der Waals surface area (Å²) in [6.45, 7) is 18.6. The van der Waals surface area contributed by atoms with Crippen LogP contribution in [-0.4, -0.2) is 65.0 Å². The number of hydrogen-bond acceptors (Lipinski definition) is 8. The van der Waals surface area contributed by atoms with Crippen molar-refractivity contribution in [2.45, 2.75) is 104 Å². The van der Waals surface area contributed by atoms with Crippen LogP contribution in [0.15, 0.2) is 53.9 Å². The van der Waals surface area contributed by atoms with E-state index < -0.39 is 0 Å². The van der Waals surface area contributed by atoms with Crippen LogP contribution in [-0.2, 0) is 22.4 Å². The van der Waals surface area contributed by atoms with E-state index in [2.05, 4.69) is 105 Å². The minimum Gasteiger partial charge on any atom is -0.326 e. The van der Waals surface area contributed by atoms with Crippen molar-refractivity contribution in [1.29, 1.82) is 0 Å². The second-order valence-electron chi connectivity index (χ2n) is 15.2. The van der Waals surface area contributed by atoms with Gasteiger partial charge in [-0.05, 0) is 150 Å². The van der Waals surface area contributed by atoms with E-state index in [-0.39, 0.29) is 29.6 Å². The van der Waals surface area contributed by atoms with Crippen LogP contribution in [0.1, 0.15) is 94.4 Å². The molecule has 6 aliphatic rings. The van der Waals surface area contributed by atoms with E-state index >= 15 is 0 Å². The first kappa shape index (κ1) is 40.4. The van der Waals surface area contributed by atoms with E-state index in [1.165, 1.54) is 83.2 Å². The Morgan fingerprint density at radius 3 is 1.82 bits per heavy atom. The Labute approximate surface area is 313 Å². The topological polar surface area (TPSA) is 83.7 Å². The summed E-state index contributed by atoms with van der Waals surface area (Å²) in [6, 6.07) is 17.7. The summed E-state index contributed by atoms with van der Waals surface area (Å²) in [5, 5.41) is 4.77. The third-order valence-corrected chi connectivity index (χ3v) is 14.4. The number of aryl methyl sites for hydroxylation is 2. The monoisotopic (exact) mass is 737 g/mol. The van der Waals surface area contributed by atoms with Crippen molar-refractivity contribution in [2.24, 2.45) is 23.5 Å². The first-order valence-electron chi connectivity index (χ1n) is 18.2. The molecule has 50 heavy (non-hydrogen) atoms. The van der Waals surface area contributed by atoms with Crippen molar-refractivity contribution in [3.8, 4) is 0 Å². The molecule has 2 aromatic carbocycles. The molecule has 0 radical (unpaired) electrons. The summed E-state index contributed by atoms with van der Waals surface area (Å²) in [7, 11) is 0. The molecule has 272 valence electrons. The minimum absolute atomic E-state index is 0. The van der Waals surface area contributed by atoms with Crippen molar-refractivity contribution < 1.29 is 14.4 Å². The van der Waals surface area contributed by atoms with Crippen molar-refractivity contribution in [3.63, 3.8) is 0 Å². The summed E-state index contributed by atoms with van der Waals surface area (Å²) in [5.74, 6) is 2.39. The van der Waals surface area contributed by atoms with Crippen LogP contribution in [0.5, 0.6) is 0 Å². The predicted molar refractivity (Wildman–Crippen MR) is 212 cm³/mol. The molecule has 2 atom stereocenters. The molecule has 0 saturated carbocycles. The fraction of sp³-hybridized carbons (Fsp3) is 0.561. The van der Waals surface area contributed by atoms with Gasteiger partial charge < -0.3 is 5.73 Å². The number of fused-ring (bicyclic) bond motifs is 8. The highest BCUT2D eigenvalue weighted by Crippen LogP contribution is 2.46. The molecular formula is C41H56ClN3O3S2. The maximum absolute atomic E-state index is 13.0. The Morgan fingerprint density at radius 1 is 0.800 bits per heavy atom. The fourth-order valence-corrected chi connectivity index (χ4v) is 11.1. The number of carbonyl (C=O) groups excluding carboxylic acids is 3. The minimum atomic E-state index is 0. The Morgan fingerprint density at radius 2 is 1.32 bits per heavy atom. The average Bonchev–Trinajstić information content (AvgIpc) is 3.78. The maximum Gasteiger partial charge on any atom is 0.373 e. The lowest BCUT2D eigenvalue weighted by atomic mass is 9.65. The number of carbonyl (C=O) groups is 1. The number of Topliss-reactive ketones (excluding diaryl/α,β-unsaturated/α-hetero) is 1. The SMILES string of the molecule is CC1(C)[C@H](N)C2CCN1CC2.CCc1cccc2cc(C(=O)C[C@@H]3C4CCN(CC4)C3(C)C)sc12.CCc1cccc2ccsc12.Cl.O=C=O. The summed E-state index contributed by atoms with van der Waals surface area (Å²) in [4.78, 5) is 35.4. The molecule has 0 aliphatic carbocycles. The number of ketones is 1. The van der Waals surface area contributed by atoms with Crippen LogP contribution < -0.4 is 5.73 Å². The number of hydrogen-bond donors (Lipinski definition) is 1. The van der Waals surface area contributed by atoms with Gasteiger partial charge in [-0.3, -0.25) is 14.6 Å². The van der Waals surface area contributed by atoms with E-state index in [0.29, 0.717) is 24.2 Å². The van der Waals surface area contributed by atoms with E-state index in [9.17, 15) is 4.79 Å². The number of halogens is 1. The molecule has 0 spiro atoms. The van der Waals surface area contributed by atoms with Crippen LogP contribution in [0.2, 0.25) is 0 Å². The fourth-order valence-electron chi connectivity index (χ4n) is 8.90. The molecule has 4 aromatic rings. The van der Waals surface area contributed by atoms with Gasteiger partial charge in [-0.15, -0.1) is 35.1 Å². The van der Waals surface area contributed by atoms with Gasteiger partial charge in [0, 0.05) is 32.9 Å². The molecule has 4 bridgehead atoms. The number of benzene rings is 2. The van der Waals surface area contributed by atoms with Crippen LogP contribution in [0.3, 0.4) is 0 Å². The second-order valence-corrected chi connectivity index (χ2v) is 17.2. The molecule has 6 nitrogen and oxygen atoms in total. The lowest BCUT2D eigenvalue weighted by molar-refractivity contribution is -0.191. The summed E-state index contributed by atoms with van der Waals surface area (Å²) >= 11 is 3.54. The van der Waals surface area contributed by atoms with Crippen molar-refractivity contribution in [2.75, 3.05) is 26.2 Å². The molecule has 6 aliphatic heterocycles. The van der Waals surface area contributed by atoms with Gasteiger partial charge in [-0.2, -0.15) is 9.59 Å². The van der Waals surface area contributed by atoms with Gasteiger partial charge in [-0.25, -0.2) is 0 Å². The zero-order chi connectivity index (χ0) is 35.3. The molecule has 9 heteroatoms. The van der Waals surface area contributed by atoms with Crippen molar-refractivity contribution in [3.05, 3.63) is 69.9 Å². The van der Waals surface area contributed by atoms with Gasteiger partial charge in [-0.1, -0.05) is 50.2 Å². The summed E-state index contributed by atoms with van der Waals surface area (Å²) in [6.07, 6.45) is 8.31. The van der Waals surface area contributed by atoms with E-state index in [4.69, 9.17) is 15.3 Å². The normalized spacial score (nSPS) is 26.6. The van der Waals surface area contributed by atoms with Crippen molar-refractivity contribution >= 4 is 67.2 Å². The highest BCUT2D eigenvalue weighted by molar-refractivity contribution is 7.21. The summed E-state index contributed by atoms with van der Waals surface area (Å²) < 4.78 is 2.76. The Kier molecular flexibility index (Phi) is 14.0. The number of rotatable bonds is 5. The third kappa shape index (κ3) is 8.44. The lowest BCUT2D eigenvalue weighted by Gasteiger charge is -2.56. The van der Waals surface area contributed by atoms with Crippen LogP contribution in [0.4, 0.5) is 0 Å². The van der Waals surface area contributed by atoms with Gasteiger partial charge in [0.1, 0.15) is 0 Å². The largest absolute Gasteiger partial charge is 0.373 e. The van der Waals surface area contributed by atoms with Crippen molar-refractivity contribution in [1.82, 2.24) is 9.80 Å². The molecular weight excluding hydrogens is 682 g/mol. The molecule has 0 unspecified atom stereocenters. The molecule has 2 N–H and O–H groups in total. The number of piperidine rings is 6. The molecule has 10 rings (SSSR count). The molecule has 2 aromatic heterocycles. The second kappa shape index (κ2) is 17.4. The highest BCUT2D eigenvalue weighted by Gasteiger charge is 2.48. The van der Waals surface area contributed by atoms with Gasteiger partial charge in [0.05, 0.1) is 4.88 Å². The zero-order valence-electron chi connectivity index (χ0n) is 30.7. The van der Waals surface area contributed by atoms with E-state index in [1.807, 2.05) is 11.3 Å². The Balaban J connectivity index is 0.000000180. The van der Waals surface area contributed by atoms with Crippen LogP contribution in [0, 0.1) is 17.8 Å². The number of thiophene rings is 2. The predicted octanol–water partition coefficient (Wildman–Crippen LogP) is 9.28. The zero-order valence-corrected chi connectivity index (χ0v) is 33.2. The Bertz CT molecular complexity index is 1740. The van der Waals surface area contributed by atoms with Gasteiger partial charge >= 0.3 is 6.15 Å². The van der Waals surface area contributed by atoms with Crippen LogP contribution in [0.25, 0.3) is 20.2 Å². The number of nitrogens with zero attached hydrogens (tertiary/aromatic N) is 2. The first-order chi connectivity index (χ1) is 23.5. The lowest BCUT2D eigenvalue weighted by Crippen LogP contribution is -2.67. The van der Waals surface area contributed by atoms with Gasteiger partial charge in [0.15, 0.2) is 5.78 Å². The van der Waals surface area contributed by atoms with Crippen LogP contribution >= 0.6 is 35.1 Å². The van der Waals surface area contributed by atoms with Gasteiger partial charge in [0.25, 0.3) is 0 Å². The molecule has 6 saturated heterocycles. The quantitative estimate of drug-likeness (QED) is 0.206. The average molecular weight is 739 g/mol. The maximum atomic E-state index is 13.0. The number of nitrogens with two attached hydrogens (primary N) is 1. The highest BCUT2D eigenvalue weighted by atomic mass is 35.5. The smallest absolute Gasteiger partial charge is 0.326 e. The first-order valence-corrected chi connectivity index (χ1v) is 19.9. The molecule has 0 amide bonds. The molecule has 6 fully saturated rings. The standard InChI is InChI=1S/C21H27NOS.C10H10S.C9H18N2.CO2.ClH/c1-4-14-6-5-7-16-12-19(24-20(14)16)18(23)13-17-15-8-10-22(11-9-15)21(17,2)3;1-2-8-4-3-5-9-6-7-11-10(8)9;1-9(2)8(10)7-3-5-11(9)6-4-7;2-1-3;/h5-7,12,15,17H,4,8-11,13H2,1-3H3;3-7H,2H2,1H3;7-8H,3-6,10H2,1-2H3;;1H/t17-;;8-;;/m1.1../s1. The van der Waals surface area contributed by atoms with E-state index in [1.54, 1.807) is 11.3 Å². The third-order valence-electron chi connectivity index (χ3n) is 12.1. The summed E-state index contributed by atoms with van der Waals surface area (Å²) in [5.41, 5.74) is 9.42.